The number of ether oxygens (including phenoxy) is 1. The predicted octanol–water partition coefficient (Wildman–Crippen LogP) is 1.05. The van der Waals surface area contributed by atoms with Gasteiger partial charge in [-0.3, -0.25) is 4.79 Å². The normalized spacial score (nSPS) is 10.4. The molecule has 5 heteroatoms. The molecule has 2 rings (SSSR count). The van der Waals surface area contributed by atoms with Crippen LogP contribution in [0.4, 0.5) is 0 Å². The summed E-state index contributed by atoms with van der Waals surface area (Å²) in [6.07, 6.45) is 0.0618. The van der Waals surface area contributed by atoms with E-state index in [9.17, 15) is 9.59 Å². The van der Waals surface area contributed by atoms with Gasteiger partial charge in [-0.1, -0.05) is 18.2 Å². The van der Waals surface area contributed by atoms with Crippen LogP contribution in [0.25, 0.3) is 11.0 Å². The summed E-state index contributed by atoms with van der Waals surface area (Å²) in [4.78, 5) is 22.7. The molecule has 0 saturated carbocycles. The molecule has 17 heavy (non-hydrogen) atoms. The molecule has 2 aromatic rings. The summed E-state index contributed by atoms with van der Waals surface area (Å²) < 4.78 is 9.88. The number of nitrogens with two attached hydrogens (primary N) is 1. The summed E-state index contributed by atoms with van der Waals surface area (Å²) in [6, 6.07) is 8.47. The average molecular weight is 233 g/mol. The van der Waals surface area contributed by atoms with E-state index in [1.807, 2.05) is 0 Å². The van der Waals surface area contributed by atoms with Crippen molar-refractivity contribution < 1.29 is 13.9 Å². The maximum atomic E-state index is 11.5. The van der Waals surface area contributed by atoms with Crippen LogP contribution in [0.2, 0.25) is 0 Å². The molecule has 0 bridgehead atoms. The van der Waals surface area contributed by atoms with Crippen molar-refractivity contribution in [2.75, 3.05) is 6.54 Å². The Morgan fingerprint density at radius 1 is 1.35 bits per heavy atom. The highest BCUT2D eigenvalue weighted by Gasteiger charge is 2.10. The fourth-order valence-corrected chi connectivity index (χ4v) is 1.41. The van der Waals surface area contributed by atoms with Gasteiger partial charge in [0.25, 0.3) is 0 Å². The summed E-state index contributed by atoms with van der Waals surface area (Å²) >= 11 is 0. The minimum Gasteiger partial charge on any atom is -0.420 e. The third kappa shape index (κ3) is 2.51. The molecule has 2 N–H and O–H groups in total. The number of para-hydroxylation sites is 1. The van der Waals surface area contributed by atoms with Crippen LogP contribution in [-0.2, 0) is 4.79 Å². The van der Waals surface area contributed by atoms with Crippen LogP contribution in [0.15, 0.2) is 39.5 Å². The number of fused-ring (bicyclic) bond motifs is 1. The van der Waals surface area contributed by atoms with Gasteiger partial charge in [-0.25, -0.2) is 4.79 Å². The van der Waals surface area contributed by atoms with Gasteiger partial charge in [0.1, 0.15) is 5.58 Å². The van der Waals surface area contributed by atoms with Gasteiger partial charge in [0.15, 0.2) is 0 Å². The number of hydrogen-bond acceptors (Lipinski definition) is 5. The molecule has 0 unspecified atom stereocenters. The van der Waals surface area contributed by atoms with Crippen molar-refractivity contribution in [3.63, 3.8) is 0 Å². The van der Waals surface area contributed by atoms with Crippen LogP contribution < -0.4 is 16.1 Å². The molecule has 1 aromatic heterocycles. The van der Waals surface area contributed by atoms with Crippen molar-refractivity contribution in [2.24, 2.45) is 5.73 Å². The van der Waals surface area contributed by atoms with Gasteiger partial charge in [0.2, 0.25) is 5.75 Å². The maximum absolute atomic E-state index is 11.5. The second-order valence-electron chi connectivity index (χ2n) is 3.45. The molecular weight excluding hydrogens is 222 g/mol. The highest BCUT2D eigenvalue weighted by Crippen LogP contribution is 2.16. The lowest BCUT2D eigenvalue weighted by Gasteiger charge is -2.02. The van der Waals surface area contributed by atoms with Crippen molar-refractivity contribution >= 4 is 16.9 Å². The third-order valence-corrected chi connectivity index (χ3v) is 2.18. The van der Waals surface area contributed by atoms with E-state index in [2.05, 4.69) is 0 Å². The van der Waals surface area contributed by atoms with Gasteiger partial charge in [0, 0.05) is 11.9 Å². The summed E-state index contributed by atoms with van der Waals surface area (Å²) in [5.41, 5.74) is 4.99. The first-order valence-corrected chi connectivity index (χ1v) is 5.14. The summed E-state index contributed by atoms with van der Waals surface area (Å²) in [5.74, 6) is -0.655. The van der Waals surface area contributed by atoms with E-state index in [-0.39, 0.29) is 18.7 Å². The molecule has 0 aliphatic heterocycles. The summed E-state index contributed by atoms with van der Waals surface area (Å²) in [7, 11) is 0. The van der Waals surface area contributed by atoms with E-state index >= 15 is 0 Å². The lowest BCUT2D eigenvalue weighted by Crippen LogP contribution is -2.17. The zero-order valence-corrected chi connectivity index (χ0v) is 9.01. The van der Waals surface area contributed by atoms with Gasteiger partial charge in [0.05, 0.1) is 6.42 Å². The van der Waals surface area contributed by atoms with Crippen molar-refractivity contribution in [3.8, 4) is 5.75 Å². The van der Waals surface area contributed by atoms with E-state index in [0.29, 0.717) is 11.0 Å². The molecule has 88 valence electrons. The SMILES string of the molecule is NCCC(=O)Oc1cc2ccccc2oc1=O. The van der Waals surface area contributed by atoms with Gasteiger partial charge in [-0.2, -0.15) is 0 Å². The molecule has 1 heterocycles. The Labute approximate surface area is 96.8 Å². The van der Waals surface area contributed by atoms with E-state index in [0.717, 1.165) is 0 Å². The molecule has 0 saturated heterocycles. The molecule has 0 radical (unpaired) electrons. The lowest BCUT2D eigenvalue weighted by atomic mass is 10.2. The number of carbonyl (C=O) groups excluding carboxylic acids is 1. The van der Waals surface area contributed by atoms with Crippen LogP contribution in [0.3, 0.4) is 0 Å². The van der Waals surface area contributed by atoms with Crippen LogP contribution in [0.1, 0.15) is 6.42 Å². The number of benzene rings is 1. The fourth-order valence-electron chi connectivity index (χ4n) is 1.41. The van der Waals surface area contributed by atoms with E-state index in [1.165, 1.54) is 6.07 Å². The van der Waals surface area contributed by atoms with Crippen molar-refractivity contribution in [1.29, 1.82) is 0 Å². The molecule has 0 atom stereocenters. The number of carbonyl (C=O) groups is 1. The van der Waals surface area contributed by atoms with Gasteiger partial charge >= 0.3 is 11.6 Å². The molecule has 0 spiro atoms. The van der Waals surface area contributed by atoms with Gasteiger partial charge in [-0.05, 0) is 12.1 Å². The maximum Gasteiger partial charge on any atom is 0.379 e. The summed E-state index contributed by atoms with van der Waals surface area (Å²) in [6.45, 7) is 0.178. The molecule has 5 nitrogen and oxygen atoms in total. The highest BCUT2D eigenvalue weighted by molar-refractivity contribution is 5.79. The second kappa shape index (κ2) is 4.80. The van der Waals surface area contributed by atoms with E-state index in [4.69, 9.17) is 14.9 Å². The molecule has 1 aromatic carbocycles. The van der Waals surface area contributed by atoms with Crippen molar-refractivity contribution in [1.82, 2.24) is 0 Å². The Balaban J connectivity index is 2.37. The van der Waals surface area contributed by atoms with Crippen molar-refractivity contribution in [2.45, 2.75) is 6.42 Å². The predicted molar refractivity (Wildman–Crippen MR) is 61.8 cm³/mol. The minimum absolute atomic E-state index is 0.0618. The van der Waals surface area contributed by atoms with Crippen molar-refractivity contribution in [3.05, 3.63) is 40.8 Å². The molecule has 0 aliphatic rings. The first-order valence-electron chi connectivity index (χ1n) is 5.14. The Hall–Kier alpha value is -2.14. The topological polar surface area (TPSA) is 82.5 Å². The summed E-state index contributed by atoms with van der Waals surface area (Å²) in [5, 5.41) is 0.697. The monoisotopic (exact) mass is 233 g/mol. The standard InChI is InChI=1S/C12H11NO4/c13-6-5-11(14)16-10-7-8-3-1-2-4-9(8)17-12(10)15/h1-4,7H,5-6,13H2. The Morgan fingerprint density at radius 2 is 2.12 bits per heavy atom. The molecule has 0 amide bonds. The molecule has 0 fully saturated rings. The smallest absolute Gasteiger partial charge is 0.379 e. The van der Waals surface area contributed by atoms with Crippen LogP contribution in [0, 0.1) is 0 Å². The third-order valence-electron chi connectivity index (χ3n) is 2.18. The first kappa shape index (κ1) is 11.3. The highest BCUT2D eigenvalue weighted by atomic mass is 16.5. The van der Waals surface area contributed by atoms with Crippen LogP contribution >= 0.6 is 0 Å². The van der Waals surface area contributed by atoms with E-state index < -0.39 is 11.6 Å². The van der Waals surface area contributed by atoms with E-state index in [1.54, 1.807) is 24.3 Å². The van der Waals surface area contributed by atoms with Crippen LogP contribution in [0.5, 0.6) is 5.75 Å². The number of esters is 1. The fraction of sp³-hybridized carbons (Fsp3) is 0.167. The zero-order valence-electron chi connectivity index (χ0n) is 9.01. The Bertz CT molecular complexity index is 603. The number of rotatable bonds is 3. The van der Waals surface area contributed by atoms with Crippen LogP contribution in [-0.4, -0.2) is 12.5 Å². The zero-order chi connectivity index (χ0) is 12.3. The first-order chi connectivity index (χ1) is 8.20. The number of hydrogen-bond donors (Lipinski definition) is 1. The lowest BCUT2D eigenvalue weighted by molar-refractivity contribution is -0.134. The Morgan fingerprint density at radius 3 is 2.88 bits per heavy atom. The minimum atomic E-state index is -0.672. The van der Waals surface area contributed by atoms with Gasteiger partial charge in [-0.15, -0.1) is 0 Å². The Kier molecular flexibility index (Phi) is 3.20. The largest absolute Gasteiger partial charge is 0.420 e. The quantitative estimate of drug-likeness (QED) is 0.632. The van der Waals surface area contributed by atoms with Gasteiger partial charge < -0.3 is 14.9 Å². The average Bonchev–Trinajstić information content (AvgIpc) is 2.30. The molecular formula is C12H11NO4. The molecule has 0 aliphatic carbocycles. The second-order valence-corrected chi connectivity index (χ2v) is 3.45.